The van der Waals surface area contributed by atoms with Crippen LogP contribution in [0.15, 0.2) is 36.4 Å². The summed E-state index contributed by atoms with van der Waals surface area (Å²) in [5.74, 6) is -0.400. The van der Waals surface area contributed by atoms with Gasteiger partial charge in [-0.3, -0.25) is 0 Å². The molecule has 1 aliphatic carbocycles. The number of benzene rings is 2. The molecular formula is C25H25F7N2O. The maximum atomic E-state index is 13.7. The van der Waals surface area contributed by atoms with Crippen molar-refractivity contribution in [1.29, 1.82) is 0 Å². The summed E-state index contributed by atoms with van der Waals surface area (Å²) in [4.78, 5) is 16.1. The van der Waals surface area contributed by atoms with E-state index in [4.69, 9.17) is 0 Å². The Hall–Kier alpha value is -2.78. The monoisotopic (exact) mass is 502 g/mol. The molecule has 2 amide bonds. The lowest BCUT2D eigenvalue weighted by Crippen LogP contribution is -2.47. The SMILES string of the molecule is Cc1cc(F)ccc1[C@H]1CC2(CCN1C(=O)N(C)Cc1cc(C(F)(F)F)cc(C(F)(F)F)c1)CC2. The topological polar surface area (TPSA) is 23.6 Å². The summed E-state index contributed by atoms with van der Waals surface area (Å²) in [5.41, 5.74) is -1.51. The van der Waals surface area contributed by atoms with E-state index in [2.05, 4.69) is 0 Å². The van der Waals surface area contributed by atoms with Gasteiger partial charge in [-0.05, 0) is 85.0 Å². The molecule has 0 aromatic heterocycles. The molecule has 4 rings (SSSR count). The molecule has 1 saturated heterocycles. The molecule has 0 unspecified atom stereocenters. The van der Waals surface area contributed by atoms with Crippen LogP contribution in [-0.4, -0.2) is 29.4 Å². The van der Waals surface area contributed by atoms with Gasteiger partial charge in [-0.25, -0.2) is 9.18 Å². The van der Waals surface area contributed by atoms with Gasteiger partial charge in [0.05, 0.1) is 17.2 Å². The third-order valence-corrected chi connectivity index (χ3v) is 7.07. The largest absolute Gasteiger partial charge is 0.416 e. The lowest BCUT2D eigenvalue weighted by atomic mass is 9.83. The lowest BCUT2D eigenvalue weighted by molar-refractivity contribution is -0.143. The Morgan fingerprint density at radius 3 is 2.11 bits per heavy atom. The molecule has 2 aromatic carbocycles. The lowest BCUT2D eigenvalue weighted by Gasteiger charge is -2.42. The first-order chi connectivity index (χ1) is 16.2. The molecular weight excluding hydrogens is 477 g/mol. The van der Waals surface area contributed by atoms with E-state index in [1.807, 2.05) is 0 Å². The van der Waals surface area contributed by atoms with Crippen LogP contribution in [0.4, 0.5) is 35.5 Å². The van der Waals surface area contributed by atoms with Crippen LogP contribution in [0, 0.1) is 18.2 Å². The van der Waals surface area contributed by atoms with Crippen molar-refractivity contribution >= 4 is 6.03 Å². The summed E-state index contributed by atoms with van der Waals surface area (Å²) in [6.07, 6.45) is -6.41. The summed E-state index contributed by atoms with van der Waals surface area (Å²) in [6.45, 7) is 1.73. The van der Waals surface area contributed by atoms with E-state index in [0.29, 0.717) is 30.7 Å². The van der Waals surface area contributed by atoms with E-state index >= 15 is 0 Å². The van der Waals surface area contributed by atoms with Gasteiger partial charge in [0.2, 0.25) is 0 Å². The number of amides is 2. The highest BCUT2D eigenvalue weighted by Gasteiger charge is 2.50. The van der Waals surface area contributed by atoms with E-state index in [-0.39, 0.29) is 23.1 Å². The van der Waals surface area contributed by atoms with Crippen molar-refractivity contribution in [3.05, 3.63) is 70.0 Å². The van der Waals surface area contributed by atoms with Gasteiger partial charge in [-0.15, -0.1) is 0 Å². The van der Waals surface area contributed by atoms with Crippen molar-refractivity contribution in [2.45, 2.75) is 57.5 Å². The summed E-state index contributed by atoms with van der Waals surface area (Å²) >= 11 is 0. The number of piperidine rings is 1. The van der Waals surface area contributed by atoms with Crippen LogP contribution in [0.3, 0.4) is 0 Å². The molecule has 1 aliphatic heterocycles. The number of urea groups is 1. The Morgan fingerprint density at radius 1 is 1.00 bits per heavy atom. The van der Waals surface area contributed by atoms with Crippen molar-refractivity contribution in [3.8, 4) is 0 Å². The van der Waals surface area contributed by atoms with E-state index in [1.165, 1.54) is 19.2 Å². The fraction of sp³-hybridized carbons (Fsp3) is 0.480. The fourth-order valence-electron chi connectivity index (χ4n) is 4.96. The van der Waals surface area contributed by atoms with Crippen LogP contribution < -0.4 is 0 Å². The summed E-state index contributed by atoms with van der Waals surface area (Å²) < 4.78 is 93.0. The number of likely N-dealkylation sites (tertiary alicyclic amines) is 1. The molecule has 1 spiro atoms. The fourth-order valence-corrected chi connectivity index (χ4v) is 4.96. The Balaban J connectivity index is 1.61. The first-order valence-corrected chi connectivity index (χ1v) is 11.2. The first kappa shape index (κ1) is 25.3. The molecule has 2 aromatic rings. The van der Waals surface area contributed by atoms with Crippen molar-refractivity contribution < 1.29 is 35.5 Å². The predicted molar refractivity (Wildman–Crippen MR) is 115 cm³/mol. The van der Waals surface area contributed by atoms with Gasteiger partial charge >= 0.3 is 18.4 Å². The molecule has 2 aliphatic rings. The zero-order valence-electron chi connectivity index (χ0n) is 19.2. The molecule has 35 heavy (non-hydrogen) atoms. The van der Waals surface area contributed by atoms with Crippen LogP contribution in [0.1, 0.15) is 59.5 Å². The number of alkyl halides is 6. The first-order valence-electron chi connectivity index (χ1n) is 11.2. The van der Waals surface area contributed by atoms with Crippen LogP contribution in [-0.2, 0) is 18.9 Å². The van der Waals surface area contributed by atoms with Gasteiger partial charge in [-0.1, -0.05) is 6.07 Å². The number of hydrogen-bond donors (Lipinski definition) is 0. The maximum Gasteiger partial charge on any atom is 0.416 e. The quantitative estimate of drug-likeness (QED) is 0.403. The Morgan fingerprint density at radius 2 is 1.60 bits per heavy atom. The molecule has 2 fully saturated rings. The van der Waals surface area contributed by atoms with Crippen molar-refractivity contribution in [1.82, 2.24) is 9.80 Å². The van der Waals surface area contributed by atoms with Crippen molar-refractivity contribution in [2.24, 2.45) is 5.41 Å². The highest BCUT2D eigenvalue weighted by Crippen LogP contribution is 2.58. The van der Waals surface area contributed by atoms with Crippen LogP contribution >= 0.6 is 0 Å². The van der Waals surface area contributed by atoms with Gasteiger partial charge in [-0.2, -0.15) is 26.3 Å². The number of aryl methyl sites for hydroxylation is 1. The highest BCUT2D eigenvalue weighted by molar-refractivity contribution is 5.75. The Labute approximate surface area is 198 Å². The van der Waals surface area contributed by atoms with Crippen LogP contribution in [0.5, 0.6) is 0 Å². The van der Waals surface area contributed by atoms with E-state index in [0.717, 1.165) is 29.7 Å². The van der Waals surface area contributed by atoms with Gasteiger partial charge in [0.1, 0.15) is 5.82 Å². The summed E-state index contributed by atoms with van der Waals surface area (Å²) in [7, 11) is 1.35. The molecule has 10 heteroatoms. The smallest absolute Gasteiger partial charge is 0.323 e. The molecule has 190 valence electrons. The Kier molecular flexibility index (Phi) is 6.30. The third kappa shape index (κ3) is 5.41. The normalized spacial score (nSPS) is 19.7. The predicted octanol–water partition coefficient (Wildman–Crippen LogP) is 7.34. The molecule has 0 bridgehead atoms. The molecule has 0 radical (unpaired) electrons. The van der Waals surface area contributed by atoms with E-state index in [9.17, 15) is 35.5 Å². The average molecular weight is 502 g/mol. The maximum absolute atomic E-state index is 13.7. The number of halogens is 7. The molecule has 1 saturated carbocycles. The number of rotatable bonds is 3. The van der Waals surface area contributed by atoms with Crippen molar-refractivity contribution in [3.63, 3.8) is 0 Å². The summed E-state index contributed by atoms with van der Waals surface area (Å²) in [6, 6.07) is 4.83. The number of nitrogens with zero attached hydrogens (tertiary/aromatic N) is 2. The van der Waals surface area contributed by atoms with Gasteiger partial charge in [0.15, 0.2) is 0 Å². The number of carbonyl (C=O) groups excluding carboxylic acids is 1. The standard InChI is InChI=1S/C25H25F7N2O/c1-15-9-19(26)3-4-20(15)21-13-23(5-6-23)7-8-34(21)22(35)33(2)14-16-10-17(24(27,28)29)12-18(11-16)25(30,31)32/h3-4,9-12,21H,5-8,13-14H2,1-2H3/t21-/m1/s1. The minimum absolute atomic E-state index is 0.0678. The van der Waals surface area contributed by atoms with Crippen LogP contribution in [0.25, 0.3) is 0 Å². The molecule has 3 nitrogen and oxygen atoms in total. The Bertz CT molecular complexity index is 1090. The zero-order chi connectivity index (χ0) is 25.8. The van der Waals surface area contributed by atoms with E-state index in [1.54, 1.807) is 17.9 Å². The second-order valence-electron chi connectivity index (χ2n) is 9.72. The van der Waals surface area contributed by atoms with E-state index < -0.39 is 41.9 Å². The van der Waals surface area contributed by atoms with Gasteiger partial charge in [0, 0.05) is 20.1 Å². The minimum Gasteiger partial charge on any atom is -0.323 e. The second kappa shape index (κ2) is 8.71. The second-order valence-corrected chi connectivity index (χ2v) is 9.72. The van der Waals surface area contributed by atoms with Gasteiger partial charge < -0.3 is 9.80 Å². The number of carbonyl (C=O) groups is 1. The minimum atomic E-state index is -4.96. The average Bonchev–Trinajstić information content (AvgIpc) is 3.50. The van der Waals surface area contributed by atoms with Gasteiger partial charge in [0.25, 0.3) is 0 Å². The number of hydrogen-bond acceptors (Lipinski definition) is 1. The molecule has 1 heterocycles. The zero-order valence-corrected chi connectivity index (χ0v) is 19.2. The van der Waals surface area contributed by atoms with Crippen molar-refractivity contribution in [2.75, 3.05) is 13.6 Å². The molecule has 0 N–H and O–H groups in total. The third-order valence-electron chi connectivity index (χ3n) is 7.07. The highest BCUT2D eigenvalue weighted by atomic mass is 19.4. The van der Waals surface area contributed by atoms with Crippen LogP contribution in [0.2, 0.25) is 0 Å². The molecule has 1 atom stereocenters. The summed E-state index contributed by atoms with van der Waals surface area (Å²) in [5, 5.41) is 0.